The minimum absolute atomic E-state index is 0. The summed E-state index contributed by atoms with van der Waals surface area (Å²) in [5.41, 5.74) is 0.729. The molecule has 9 heavy (non-hydrogen) atoms. The average Bonchev–Trinajstić information content (AvgIpc) is 1.90. The van der Waals surface area contributed by atoms with Crippen LogP contribution >= 0.6 is 0 Å². The van der Waals surface area contributed by atoms with E-state index in [1.807, 2.05) is 24.2 Å². The first-order valence-corrected chi connectivity index (χ1v) is 2.50. The average molecular weight is 207 g/mol. The first kappa shape index (κ1) is 8.55. The molecule has 0 saturated heterocycles. The molecule has 0 spiro atoms. The zero-order valence-corrected chi connectivity index (χ0v) is 6.52. The Labute approximate surface area is 66.9 Å². The van der Waals surface area contributed by atoms with E-state index in [9.17, 15) is 4.79 Å². The van der Waals surface area contributed by atoms with E-state index in [1.54, 1.807) is 6.08 Å². The number of allylic oxidation sites excluding steroid dienone is 5. The van der Waals surface area contributed by atoms with Gasteiger partial charge in [-0.2, -0.15) is 0 Å². The monoisotopic (exact) mass is 208 g/mol. The Morgan fingerprint density at radius 2 is 2.22 bits per heavy atom. The van der Waals surface area contributed by atoms with Gasteiger partial charge in [-0.1, -0.05) is 18.2 Å². The first-order valence-electron chi connectivity index (χ1n) is 2.50. The zero-order chi connectivity index (χ0) is 5.82. The summed E-state index contributed by atoms with van der Waals surface area (Å²) in [6, 6.07) is 0. The van der Waals surface area contributed by atoms with E-state index in [4.69, 9.17) is 0 Å². The number of hydrogen-bond donors (Lipinski definition) is 0. The zero-order valence-electron chi connectivity index (χ0n) is 4.78. The Morgan fingerprint density at radius 1 is 1.44 bits per heavy atom. The van der Waals surface area contributed by atoms with E-state index < -0.39 is 0 Å². The Kier molecular flexibility index (Phi) is 4.21. The van der Waals surface area contributed by atoms with Crippen LogP contribution in [0.2, 0.25) is 0 Å². The van der Waals surface area contributed by atoms with Crippen LogP contribution in [0.25, 0.3) is 0 Å². The number of rotatable bonds is 0. The maximum Gasteiger partial charge on any atom is 0.128 e. The van der Waals surface area contributed by atoms with E-state index >= 15 is 0 Å². The maximum absolute atomic E-state index is 9.91. The van der Waals surface area contributed by atoms with Gasteiger partial charge in [0, 0.05) is 31.5 Å². The second kappa shape index (κ2) is 4.43. The van der Waals surface area contributed by atoms with Gasteiger partial charge in [-0.25, -0.2) is 4.79 Å². The van der Waals surface area contributed by atoms with Gasteiger partial charge in [-0.3, -0.25) is 0 Å². The largest absolute Gasteiger partial charge is 0.233 e. The molecule has 0 aromatic heterocycles. The fourth-order valence-electron chi connectivity index (χ4n) is 0.589. The summed E-state index contributed by atoms with van der Waals surface area (Å²) in [6.07, 6.45) is 8.19. The van der Waals surface area contributed by atoms with Crippen molar-refractivity contribution in [3.05, 3.63) is 29.9 Å². The Bertz CT molecular complexity index is 185. The van der Waals surface area contributed by atoms with Crippen LogP contribution in [-0.2, 0) is 24.3 Å². The molecule has 0 aliphatic heterocycles. The van der Waals surface area contributed by atoms with Crippen molar-refractivity contribution >= 4 is 5.94 Å². The summed E-state index contributed by atoms with van der Waals surface area (Å²) in [4.78, 5) is 9.91. The van der Waals surface area contributed by atoms with E-state index in [-0.39, 0.29) is 19.5 Å². The Balaban J connectivity index is 0.000000640. The van der Waals surface area contributed by atoms with Gasteiger partial charge in [0.05, 0.1) is 0 Å². The van der Waals surface area contributed by atoms with E-state index in [0.29, 0.717) is 0 Å². The molecule has 0 amide bonds. The molecule has 0 unspecified atom stereocenters. The van der Waals surface area contributed by atoms with Crippen LogP contribution in [0.15, 0.2) is 29.9 Å². The van der Waals surface area contributed by atoms with E-state index in [0.717, 1.165) is 12.0 Å². The number of hydrogen-bond acceptors (Lipinski definition) is 1. The third-order valence-electron chi connectivity index (χ3n) is 1.01. The van der Waals surface area contributed by atoms with Crippen LogP contribution in [-0.4, -0.2) is 5.94 Å². The first-order chi connectivity index (χ1) is 3.93. The van der Waals surface area contributed by atoms with E-state index in [1.165, 1.54) is 0 Å². The molecule has 0 saturated carbocycles. The van der Waals surface area contributed by atoms with Crippen LogP contribution in [0, 0.1) is 0 Å². The van der Waals surface area contributed by atoms with Gasteiger partial charge in [0.1, 0.15) is 5.94 Å². The summed E-state index contributed by atoms with van der Waals surface area (Å²) in [5, 5.41) is 0. The molecular formula is C7H6ORu. The molecule has 48 valence electrons. The summed E-state index contributed by atoms with van der Waals surface area (Å²) < 4.78 is 0. The minimum atomic E-state index is 0. The molecule has 0 heterocycles. The van der Waals surface area contributed by atoms with Crippen molar-refractivity contribution in [3.63, 3.8) is 0 Å². The third-order valence-corrected chi connectivity index (χ3v) is 1.01. The molecule has 0 aromatic carbocycles. The molecule has 2 heteroatoms. The van der Waals surface area contributed by atoms with Gasteiger partial charge in [0.2, 0.25) is 0 Å². The van der Waals surface area contributed by atoms with E-state index in [2.05, 4.69) is 0 Å². The van der Waals surface area contributed by atoms with Crippen molar-refractivity contribution in [1.29, 1.82) is 0 Å². The predicted molar refractivity (Wildman–Crippen MR) is 32.1 cm³/mol. The van der Waals surface area contributed by atoms with Gasteiger partial charge in [-0.05, 0) is 6.08 Å². The topological polar surface area (TPSA) is 17.1 Å². The molecule has 0 radical (unpaired) electrons. The van der Waals surface area contributed by atoms with Crippen LogP contribution in [0.4, 0.5) is 0 Å². The minimum Gasteiger partial charge on any atom is -0.233 e. The SMILES string of the molecule is O=C=C1C=CC=CC1.[Ru]. The molecule has 0 N–H and O–H groups in total. The molecule has 1 nitrogen and oxygen atoms in total. The van der Waals surface area contributed by atoms with Crippen LogP contribution in [0.3, 0.4) is 0 Å². The third kappa shape index (κ3) is 2.55. The summed E-state index contributed by atoms with van der Waals surface area (Å²) in [7, 11) is 0. The second-order valence-electron chi connectivity index (χ2n) is 1.62. The number of carbonyl (C=O) groups excluding carboxylic acids is 1. The van der Waals surface area contributed by atoms with Gasteiger partial charge in [-0.15, -0.1) is 0 Å². The predicted octanol–water partition coefficient (Wildman–Crippen LogP) is 1.26. The van der Waals surface area contributed by atoms with Crippen molar-refractivity contribution < 1.29 is 24.3 Å². The Hall–Kier alpha value is -0.447. The summed E-state index contributed by atoms with van der Waals surface area (Å²) >= 11 is 0. The van der Waals surface area contributed by atoms with Crippen LogP contribution in [0.5, 0.6) is 0 Å². The normalized spacial score (nSPS) is 14.4. The van der Waals surface area contributed by atoms with Crippen molar-refractivity contribution in [2.75, 3.05) is 0 Å². The maximum atomic E-state index is 9.91. The van der Waals surface area contributed by atoms with Gasteiger partial charge < -0.3 is 0 Å². The summed E-state index contributed by atoms with van der Waals surface area (Å²) in [5.74, 6) is 1.83. The van der Waals surface area contributed by atoms with Crippen LogP contribution < -0.4 is 0 Å². The van der Waals surface area contributed by atoms with Crippen molar-refractivity contribution in [1.82, 2.24) is 0 Å². The molecule has 0 bridgehead atoms. The Morgan fingerprint density at radius 3 is 2.56 bits per heavy atom. The molecule has 1 aliphatic carbocycles. The fraction of sp³-hybridized carbons (Fsp3) is 0.143. The van der Waals surface area contributed by atoms with Gasteiger partial charge in [0.25, 0.3) is 0 Å². The quantitative estimate of drug-likeness (QED) is 0.431. The van der Waals surface area contributed by atoms with Crippen LogP contribution in [0.1, 0.15) is 6.42 Å². The smallest absolute Gasteiger partial charge is 0.128 e. The van der Waals surface area contributed by atoms with Crippen molar-refractivity contribution in [3.8, 4) is 0 Å². The van der Waals surface area contributed by atoms with Gasteiger partial charge >= 0.3 is 0 Å². The summed E-state index contributed by atoms with van der Waals surface area (Å²) in [6.45, 7) is 0. The fourth-order valence-corrected chi connectivity index (χ4v) is 0.589. The molecule has 1 rings (SSSR count). The second-order valence-corrected chi connectivity index (χ2v) is 1.62. The molecular weight excluding hydrogens is 201 g/mol. The van der Waals surface area contributed by atoms with Crippen molar-refractivity contribution in [2.45, 2.75) is 6.42 Å². The standard InChI is InChI=1S/C7H6O.Ru/c8-6-7-4-2-1-3-5-7;/h1-4H,5H2;. The van der Waals surface area contributed by atoms with Crippen molar-refractivity contribution in [2.24, 2.45) is 0 Å². The molecule has 0 aromatic rings. The molecule has 0 fully saturated rings. The molecule has 0 atom stereocenters. The molecule has 1 aliphatic rings. The van der Waals surface area contributed by atoms with Gasteiger partial charge in [0.15, 0.2) is 0 Å².